The van der Waals surface area contributed by atoms with E-state index in [2.05, 4.69) is 37.7 Å². The summed E-state index contributed by atoms with van der Waals surface area (Å²) in [6.45, 7) is 10.5. The van der Waals surface area contributed by atoms with Gasteiger partial charge in [-0.15, -0.1) is 0 Å². The third-order valence-electron chi connectivity index (χ3n) is 2.84. The van der Waals surface area contributed by atoms with Crippen molar-refractivity contribution < 1.29 is 0 Å². The Morgan fingerprint density at radius 3 is 2.71 bits per heavy atom. The molecule has 0 aromatic carbocycles. The fourth-order valence-electron chi connectivity index (χ4n) is 1.59. The summed E-state index contributed by atoms with van der Waals surface area (Å²) in [6, 6.07) is 1.49. The van der Waals surface area contributed by atoms with Gasteiger partial charge in [-0.1, -0.05) is 12.2 Å². The summed E-state index contributed by atoms with van der Waals surface area (Å²) in [5.74, 6) is 0. The lowest BCUT2D eigenvalue weighted by Gasteiger charge is -2.24. The van der Waals surface area contributed by atoms with Gasteiger partial charge in [0.1, 0.15) is 0 Å². The first kappa shape index (κ1) is 11.7. The summed E-state index contributed by atoms with van der Waals surface area (Å²) in [5.41, 5.74) is 1.24. The molecule has 2 nitrogen and oxygen atoms in total. The molecule has 1 aliphatic carbocycles. The van der Waals surface area contributed by atoms with E-state index >= 15 is 0 Å². The van der Waals surface area contributed by atoms with E-state index < -0.39 is 0 Å². The minimum Gasteiger partial charge on any atom is -0.314 e. The zero-order valence-corrected chi connectivity index (χ0v) is 9.84. The van der Waals surface area contributed by atoms with Crippen LogP contribution in [0.2, 0.25) is 0 Å². The van der Waals surface area contributed by atoms with E-state index in [0.717, 1.165) is 19.1 Å². The average Bonchev–Trinajstić information content (AvgIpc) is 2.86. The number of likely N-dealkylation sites (N-methyl/N-ethyl adjacent to an activating group) is 1. The maximum absolute atomic E-state index is 3.94. The Balaban J connectivity index is 2.05. The van der Waals surface area contributed by atoms with Crippen LogP contribution in [0.25, 0.3) is 0 Å². The standard InChI is InChI=1S/C12H24N2/c1-10(2)9-14(4)11(3)7-8-13-12-5-6-12/h11-13H,1,5-9H2,2-4H3. The first-order valence-electron chi connectivity index (χ1n) is 5.67. The highest BCUT2D eigenvalue weighted by Crippen LogP contribution is 2.18. The molecule has 1 unspecified atom stereocenters. The molecule has 14 heavy (non-hydrogen) atoms. The van der Waals surface area contributed by atoms with Crippen LogP contribution in [0.5, 0.6) is 0 Å². The van der Waals surface area contributed by atoms with E-state index in [9.17, 15) is 0 Å². The van der Waals surface area contributed by atoms with Crippen molar-refractivity contribution in [3.8, 4) is 0 Å². The number of nitrogens with one attached hydrogen (secondary N) is 1. The quantitative estimate of drug-likeness (QED) is 0.627. The van der Waals surface area contributed by atoms with Gasteiger partial charge in [-0.25, -0.2) is 0 Å². The number of nitrogens with zero attached hydrogens (tertiary/aromatic N) is 1. The maximum Gasteiger partial charge on any atom is 0.0187 e. The van der Waals surface area contributed by atoms with Gasteiger partial charge in [0, 0.05) is 18.6 Å². The van der Waals surface area contributed by atoms with Crippen LogP contribution >= 0.6 is 0 Å². The van der Waals surface area contributed by atoms with E-state index in [4.69, 9.17) is 0 Å². The lowest BCUT2D eigenvalue weighted by atomic mass is 10.2. The molecule has 2 heteroatoms. The molecule has 0 spiro atoms. The predicted octanol–water partition coefficient (Wildman–Crippen LogP) is 2.02. The number of rotatable bonds is 7. The molecule has 0 heterocycles. The molecular formula is C12H24N2. The van der Waals surface area contributed by atoms with Crippen LogP contribution in [0, 0.1) is 0 Å². The summed E-state index contributed by atoms with van der Waals surface area (Å²) in [7, 11) is 2.18. The molecule has 82 valence electrons. The maximum atomic E-state index is 3.94. The summed E-state index contributed by atoms with van der Waals surface area (Å²) in [4.78, 5) is 2.37. The SMILES string of the molecule is C=C(C)CN(C)C(C)CCNC1CC1. The van der Waals surface area contributed by atoms with Crippen LogP contribution in [-0.2, 0) is 0 Å². The van der Waals surface area contributed by atoms with E-state index in [1.54, 1.807) is 0 Å². The van der Waals surface area contributed by atoms with Gasteiger partial charge in [-0.2, -0.15) is 0 Å². The molecule has 0 saturated heterocycles. The Bertz CT molecular complexity index is 185. The normalized spacial score (nSPS) is 18.6. The molecule has 0 bridgehead atoms. The Labute approximate surface area is 88.4 Å². The number of hydrogen-bond donors (Lipinski definition) is 1. The largest absolute Gasteiger partial charge is 0.314 e. The van der Waals surface area contributed by atoms with Crippen molar-refractivity contribution in [1.29, 1.82) is 0 Å². The van der Waals surface area contributed by atoms with Crippen molar-refractivity contribution in [2.24, 2.45) is 0 Å². The van der Waals surface area contributed by atoms with Crippen LogP contribution in [0.3, 0.4) is 0 Å². The lowest BCUT2D eigenvalue weighted by Crippen LogP contribution is -2.33. The summed E-state index contributed by atoms with van der Waals surface area (Å²) in [6.07, 6.45) is 4.01. The molecular weight excluding hydrogens is 172 g/mol. The van der Waals surface area contributed by atoms with Gasteiger partial charge >= 0.3 is 0 Å². The number of hydrogen-bond acceptors (Lipinski definition) is 2. The van der Waals surface area contributed by atoms with Gasteiger partial charge in [0.2, 0.25) is 0 Å². The molecule has 0 aromatic heterocycles. The topological polar surface area (TPSA) is 15.3 Å². The van der Waals surface area contributed by atoms with E-state index in [1.807, 2.05) is 0 Å². The molecule has 1 rings (SSSR count). The van der Waals surface area contributed by atoms with E-state index in [-0.39, 0.29) is 0 Å². The fraction of sp³-hybridized carbons (Fsp3) is 0.833. The molecule has 0 aliphatic heterocycles. The zero-order chi connectivity index (χ0) is 10.6. The molecule has 0 amide bonds. The summed E-state index contributed by atoms with van der Waals surface area (Å²) < 4.78 is 0. The monoisotopic (exact) mass is 196 g/mol. The average molecular weight is 196 g/mol. The molecule has 1 atom stereocenters. The summed E-state index contributed by atoms with van der Waals surface area (Å²) in [5, 5.41) is 3.55. The first-order valence-corrected chi connectivity index (χ1v) is 5.67. The van der Waals surface area contributed by atoms with Gasteiger partial charge in [-0.05, 0) is 46.7 Å². The minimum atomic E-state index is 0.651. The third-order valence-corrected chi connectivity index (χ3v) is 2.84. The van der Waals surface area contributed by atoms with Crippen LogP contribution < -0.4 is 5.32 Å². The summed E-state index contributed by atoms with van der Waals surface area (Å²) >= 11 is 0. The first-order chi connectivity index (χ1) is 6.59. The third kappa shape index (κ3) is 4.77. The molecule has 1 N–H and O–H groups in total. The smallest absolute Gasteiger partial charge is 0.0187 e. The molecule has 0 radical (unpaired) electrons. The van der Waals surface area contributed by atoms with Crippen molar-refractivity contribution in [2.75, 3.05) is 20.1 Å². The highest BCUT2D eigenvalue weighted by Gasteiger charge is 2.20. The van der Waals surface area contributed by atoms with Crippen molar-refractivity contribution in [3.05, 3.63) is 12.2 Å². The second-order valence-corrected chi connectivity index (χ2v) is 4.74. The van der Waals surface area contributed by atoms with Crippen LogP contribution in [-0.4, -0.2) is 37.1 Å². The van der Waals surface area contributed by atoms with Crippen LogP contribution in [0.4, 0.5) is 0 Å². The van der Waals surface area contributed by atoms with Crippen molar-refractivity contribution >= 4 is 0 Å². The Morgan fingerprint density at radius 1 is 1.57 bits per heavy atom. The molecule has 1 fully saturated rings. The van der Waals surface area contributed by atoms with Gasteiger partial charge in [0.15, 0.2) is 0 Å². The van der Waals surface area contributed by atoms with Crippen molar-refractivity contribution in [1.82, 2.24) is 10.2 Å². The van der Waals surface area contributed by atoms with Crippen molar-refractivity contribution in [2.45, 2.75) is 45.2 Å². The molecule has 1 aliphatic rings. The fourth-order valence-corrected chi connectivity index (χ4v) is 1.59. The van der Waals surface area contributed by atoms with Crippen LogP contribution in [0.15, 0.2) is 12.2 Å². The molecule has 1 saturated carbocycles. The Hall–Kier alpha value is -0.340. The van der Waals surface area contributed by atoms with Gasteiger partial charge < -0.3 is 5.32 Å². The Morgan fingerprint density at radius 2 is 2.21 bits per heavy atom. The second-order valence-electron chi connectivity index (χ2n) is 4.74. The van der Waals surface area contributed by atoms with Gasteiger partial charge in [-0.3, -0.25) is 4.90 Å². The van der Waals surface area contributed by atoms with Crippen molar-refractivity contribution in [3.63, 3.8) is 0 Å². The second kappa shape index (κ2) is 5.52. The zero-order valence-electron chi connectivity index (χ0n) is 9.84. The van der Waals surface area contributed by atoms with Gasteiger partial charge in [0.05, 0.1) is 0 Å². The Kier molecular flexibility index (Phi) is 4.63. The minimum absolute atomic E-state index is 0.651. The van der Waals surface area contributed by atoms with E-state index in [1.165, 1.54) is 24.8 Å². The van der Waals surface area contributed by atoms with Gasteiger partial charge in [0.25, 0.3) is 0 Å². The van der Waals surface area contributed by atoms with Crippen LogP contribution in [0.1, 0.15) is 33.1 Å². The predicted molar refractivity (Wildman–Crippen MR) is 62.5 cm³/mol. The van der Waals surface area contributed by atoms with E-state index in [0.29, 0.717) is 6.04 Å². The highest BCUT2D eigenvalue weighted by atomic mass is 15.1. The highest BCUT2D eigenvalue weighted by molar-refractivity contribution is 4.92. The lowest BCUT2D eigenvalue weighted by molar-refractivity contribution is 0.263. The molecule has 0 aromatic rings.